The minimum atomic E-state index is -1.18. The maximum atomic E-state index is 11.1. The van der Waals surface area contributed by atoms with Gasteiger partial charge in [-0.3, -0.25) is 9.78 Å². The van der Waals surface area contributed by atoms with E-state index in [1.807, 2.05) is 0 Å². The second-order valence-electron chi connectivity index (χ2n) is 2.26. The van der Waals surface area contributed by atoms with Crippen molar-refractivity contribution in [3.8, 4) is 0 Å². The molecule has 0 saturated carbocycles. The molecule has 70 valence electrons. The lowest BCUT2D eigenvalue weighted by Gasteiger charge is -1.98. The van der Waals surface area contributed by atoms with Crippen molar-refractivity contribution in [2.24, 2.45) is 0 Å². The Labute approximate surface area is 77.6 Å². The van der Waals surface area contributed by atoms with Gasteiger partial charge in [-0.25, -0.2) is 4.79 Å². The number of aromatic nitrogens is 2. The van der Waals surface area contributed by atoms with Crippen molar-refractivity contribution in [3.05, 3.63) is 26.9 Å². The Bertz CT molecular complexity index is 422. The largest absolute Gasteiger partial charge is 0.465 e. The highest BCUT2D eigenvalue weighted by Crippen LogP contribution is 1.85. The summed E-state index contributed by atoms with van der Waals surface area (Å²) in [6.45, 7) is -0.0449. The van der Waals surface area contributed by atoms with Crippen molar-refractivity contribution in [3.63, 3.8) is 0 Å². The second kappa shape index (κ2) is 3.85. The van der Waals surface area contributed by atoms with Crippen LogP contribution in [0.1, 0.15) is 5.56 Å². The molecule has 0 bridgehead atoms. The molecule has 4 N–H and O–H groups in total. The first-order chi connectivity index (χ1) is 6.09. The first kappa shape index (κ1) is 9.46. The number of carbonyl (C=O) groups is 1. The summed E-state index contributed by atoms with van der Waals surface area (Å²) < 4.78 is 0.212. The molecule has 1 rings (SSSR count). The van der Waals surface area contributed by atoms with Crippen molar-refractivity contribution >= 4 is 18.3 Å². The molecule has 0 spiro atoms. The van der Waals surface area contributed by atoms with Gasteiger partial charge in [-0.05, 0) is 12.2 Å². The van der Waals surface area contributed by atoms with Crippen LogP contribution < -0.4 is 10.9 Å². The molecule has 1 aromatic rings. The molecule has 0 aromatic carbocycles. The monoisotopic (exact) mass is 201 g/mol. The first-order valence-corrected chi connectivity index (χ1v) is 3.78. The first-order valence-electron chi connectivity index (χ1n) is 3.37. The molecule has 13 heavy (non-hydrogen) atoms. The van der Waals surface area contributed by atoms with Crippen LogP contribution in [0.25, 0.3) is 0 Å². The predicted molar refractivity (Wildman–Crippen MR) is 47.1 cm³/mol. The van der Waals surface area contributed by atoms with Gasteiger partial charge in [0.15, 0.2) is 4.77 Å². The third-order valence-electron chi connectivity index (χ3n) is 1.33. The van der Waals surface area contributed by atoms with Gasteiger partial charge in [-0.2, -0.15) is 0 Å². The van der Waals surface area contributed by atoms with Gasteiger partial charge < -0.3 is 15.4 Å². The molecule has 0 aliphatic carbocycles. The molecule has 0 atom stereocenters. The van der Waals surface area contributed by atoms with Crippen LogP contribution >= 0.6 is 12.2 Å². The highest BCUT2D eigenvalue weighted by atomic mass is 32.1. The van der Waals surface area contributed by atoms with Crippen molar-refractivity contribution < 1.29 is 9.90 Å². The molecule has 0 aliphatic rings. The normalized spacial score (nSPS) is 9.54. The minimum absolute atomic E-state index is 0.0449. The lowest BCUT2D eigenvalue weighted by atomic mass is 10.3. The molecule has 0 radical (unpaired) electrons. The van der Waals surface area contributed by atoms with Crippen LogP contribution in [0.3, 0.4) is 0 Å². The quantitative estimate of drug-likeness (QED) is 0.514. The summed E-state index contributed by atoms with van der Waals surface area (Å²) in [6.07, 6.45) is 0.193. The number of nitrogens with one attached hydrogen (secondary N) is 3. The topological polar surface area (TPSA) is 98.0 Å². The lowest BCUT2D eigenvalue weighted by Crippen LogP contribution is -2.25. The molecule has 1 amide bonds. The van der Waals surface area contributed by atoms with Gasteiger partial charge in [0, 0.05) is 6.20 Å². The highest BCUT2D eigenvalue weighted by Gasteiger charge is 2.00. The van der Waals surface area contributed by atoms with Crippen LogP contribution in [0.4, 0.5) is 4.79 Å². The number of aromatic amines is 2. The number of amides is 1. The van der Waals surface area contributed by atoms with E-state index in [9.17, 15) is 9.59 Å². The maximum absolute atomic E-state index is 11.1. The molecule has 1 aromatic heterocycles. The van der Waals surface area contributed by atoms with E-state index in [4.69, 9.17) is 5.11 Å². The van der Waals surface area contributed by atoms with Crippen LogP contribution in [0, 0.1) is 4.77 Å². The Morgan fingerprint density at radius 2 is 2.38 bits per heavy atom. The number of H-pyrrole nitrogens is 2. The number of hydrogen-bond acceptors (Lipinski definition) is 3. The van der Waals surface area contributed by atoms with Crippen LogP contribution in [-0.4, -0.2) is 21.2 Å². The van der Waals surface area contributed by atoms with Gasteiger partial charge in [0.2, 0.25) is 0 Å². The minimum Gasteiger partial charge on any atom is -0.465 e. The van der Waals surface area contributed by atoms with Crippen molar-refractivity contribution in [1.29, 1.82) is 0 Å². The Kier molecular flexibility index (Phi) is 2.80. The third-order valence-corrected chi connectivity index (χ3v) is 1.55. The Morgan fingerprint density at radius 3 is 2.92 bits per heavy atom. The number of carboxylic acid groups (broad SMARTS) is 1. The Balaban J connectivity index is 2.84. The molecule has 6 nitrogen and oxygen atoms in total. The molecule has 0 saturated heterocycles. The summed E-state index contributed by atoms with van der Waals surface area (Å²) in [5, 5.41) is 10.3. The van der Waals surface area contributed by atoms with E-state index in [0.717, 1.165) is 0 Å². The molecular formula is C6H7N3O3S. The van der Waals surface area contributed by atoms with Gasteiger partial charge >= 0.3 is 6.09 Å². The summed E-state index contributed by atoms with van der Waals surface area (Å²) in [5.41, 5.74) is -0.103. The zero-order valence-corrected chi connectivity index (χ0v) is 7.27. The zero-order chi connectivity index (χ0) is 9.84. The van der Waals surface area contributed by atoms with Gasteiger partial charge in [0.1, 0.15) is 0 Å². The molecular weight excluding hydrogens is 194 g/mol. The fraction of sp³-hybridized carbons (Fsp3) is 0.167. The van der Waals surface area contributed by atoms with E-state index in [1.165, 1.54) is 6.20 Å². The van der Waals surface area contributed by atoms with Crippen LogP contribution in [0.15, 0.2) is 11.0 Å². The summed E-state index contributed by atoms with van der Waals surface area (Å²) in [7, 11) is 0. The van der Waals surface area contributed by atoms with E-state index in [1.54, 1.807) is 0 Å². The third kappa shape index (κ3) is 2.71. The van der Waals surface area contributed by atoms with Gasteiger partial charge in [-0.1, -0.05) is 0 Å². The summed E-state index contributed by atoms with van der Waals surface area (Å²) >= 11 is 4.65. The fourth-order valence-corrected chi connectivity index (χ4v) is 0.891. The number of rotatable bonds is 2. The second-order valence-corrected chi connectivity index (χ2v) is 2.66. The maximum Gasteiger partial charge on any atom is 0.404 e. The van der Waals surface area contributed by atoms with Crippen LogP contribution in [-0.2, 0) is 6.54 Å². The standard InChI is InChI=1S/C6H7N3O3S/c10-4-3(2-8-6(11)12)1-7-5(13)9-4/h1,8H,2H2,(H,11,12)(H2,7,9,10,13). The highest BCUT2D eigenvalue weighted by molar-refractivity contribution is 7.71. The summed E-state index contributed by atoms with van der Waals surface area (Å²) in [4.78, 5) is 26.1. The van der Waals surface area contributed by atoms with Crippen molar-refractivity contribution in [2.75, 3.05) is 0 Å². The van der Waals surface area contributed by atoms with E-state index in [2.05, 4.69) is 27.5 Å². The van der Waals surface area contributed by atoms with Crippen molar-refractivity contribution in [1.82, 2.24) is 15.3 Å². The average Bonchev–Trinajstić information content (AvgIpc) is 2.02. The molecule has 0 unspecified atom stereocenters. The summed E-state index contributed by atoms with van der Waals surface area (Å²) in [5.74, 6) is 0. The zero-order valence-electron chi connectivity index (χ0n) is 6.46. The van der Waals surface area contributed by atoms with Gasteiger partial charge in [-0.15, -0.1) is 0 Å². The molecule has 0 fully saturated rings. The summed E-state index contributed by atoms with van der Waals surface area (Å²) in [6, 6.07) is 0. The lowest BCUT2D eigenvalue weighted by molar-refractivity contribution is 0.194. The Morgan fingerprint density at radius 1 is 1.69 bits per heavy atom. The predicted octanol–water partition coefficient (Wildman–Crippen LogP) is 0.200. The molecule has 1 heterocycles. The van der Waals surface area contributed by atoms with Gasteiger partial charge in [0.25, 0.3) is 5.56 Å². The van der Waals surface area contributed by atoms with Crippen molar-refractivity contribution in [2.45, 2.75) is 6.54 Å². The van der Waals surface area contributed by atoms with E-state index in [0.29, 0.717) is 0 Å². The van der Waals surface area contributed by atoms with Crippen LogP contribution in [0.5, 0.6) is 0 Å². The number of hydrogen-bond donors (Lipinski definition) is 4. The molecule has 7 heteroatoms. The fourth-order valence-electron chi connectivity index (χ4n) is 0.740. The average molecular weight is 201 g/mol. The smallest absolute Gasteiger partial charge is 0.404 e. The SMILES string of the molecule is O=C(O)NCc1c[nH]c(=S)[nH]c1=O. The van der Waals surface area contributed by atoms with Gasteiger partial charge in [0.05, 0.1) is 12.1 Å². The molecule has 0 aliphatic heterocycles. The van der Waals surface area contributed by atoms with E-state index < -0.39 is 11.7 Å². The van der Waals surface area contributed by atoms with Crippen LogP contribution in [0.2, 0.25) is 0 Å². The van der Waals surface area contributed by atoms with E-state index >= 15 is 0 Å². The van der Waals surface area contributed by atoms with E-state index in [-0.39, 0.29) is 16.9 Å². The Hall–Kier alpha value is -1.63.